The molecule has 1 N–H and O–H groups in total. The second-order valence-electron chi connectivity index (χ2n) is 5.71. The fourth-order valence-corrected chi connectivity index (χ4v) is 3.36. The van der Waals surface area contributed by atoms with Crippen molar-refractivity contribution in [1.82, 2.24) is 25.5 Å². The summed E-state index contributed by atoms with van der Waals surface area (Å²) in [4.78, 5) is 0. The van der Waals surface area contributed by atoms with Crippen LogP contribution in [0.4, 0.5) is 4.39 Å². The molecule has 0 fully saturated rings. The van der Waals surface area contributed by atoms with Crippen LogP contribution in [0, 0.1) is 5.82 Å². The first kappa shape index (κ1) is 19.6. The van der Waals surface area contributed by atoms with E-state index in [1.807, 2.05) is 31.3 Å². The van der Waals surface area contributed by atoms with Crippen LogP contribution in [0.25, 0.3) is 0 Å². The Labute approximate surface area is 166 Å². The van der Waals surface area contributed by atoms with Crippen molar-refractivity contribution >= 4 is 23.4 Å². The maximum atomic E-state index is 13.9. The Morgan fingerprint density at radius 3 is 2.85 bits per heavy atom. The number of tetrazole rings is 1. The van der Waals surface area contributed by atoms with Gasteiger partial charge in [0.2, 0.25) is 5.16 Å². The minimum atomic E-state index is -0.367. The number of thioether (sulfide) groups is 1. The van der Waals surface area contributed by atoms with Crippen molar-refractivity contribution in [2.24, 2.45) is 7.05 Å². The van der Waals surface area contributed by atoms with Gasteiger partial charge in [0.25, 0.3) is 0 Å². The van der Waals surface area contributed by atoms with Crippen LogP contribution in [0.2, 0.25) is 5.02 Å². The zero-order valence-electron chi connectivity index (χ0n) is 14.7. The van der Waals surface area contributed by atoms with E-state index < -0.39 is 0 Å². The van der Waals surface area contributed by atoms with Gasteiger partial charge in [-0.3, -0.25) is 0 Å². The Balaban J connectivity index is 1.51. The predicted octanol–water partition coefficient (Wildman–Crippen LogP) is 3.46. The summed E-state index contributed by atoms with van der Waals surface area (Å²) in [6.45, 7) is 1.50. The first-order chi connectivity index (χ1) is 13.1. The predicted molar refractivity (Wildman–Crippen MR) is 103 cm³/mol. The molecule has 0 bridgehead atoms. The first-order valence-corrected chi connectivity index (χ1v) is 9.71. The highest BCUT2D eigenvalue weighted by atomic mass is 35.5. The molecule has 9 heteroatoms. The van der Waals surface area contributed by atoms with Crippen LogP contribution < -0.4 is 10.1 Å². The normalized spacial score (nSPS) is 10.9. The van der Waals surface area contributed by atoms with E-state index in [4.69, 9.17) is 16.3 Å². The zero-order valence-corrected chi connectivity index (χ0v) is 16.3. The van der Waals surface area contributed by atoms with Crippen molar-refractivity contribution in [3.8, 4) is 5.75 Å². The van der Waals surface area contributed by atoms with Crippen molar-refractivity contribution in [3.05, 3.63) is 64.4 Å². The zero-order chi connectivity index (χ0) is 19.1. The maximum absolute atomic E-state index is 13.9. The van der Waals surface area contributed by atoms with Crippen LogP contribution in [0.5, 0.6) is 5.75 Å². The van der Waals surface area contributed by atoms with Gasteiger partial charge in [-0.25, -0.2) is 9.07 Å². The molecular formula is C18H19ClFN5OS. The van der Waals surface area contributed by atoms with Crippen LogP contribution in [0.3, 0.4) is 0 Å². The fourth-order valence-electron chi connectivity index (χ4n) is 2.39. The van der Waals surface area contributed by atoms with E-state index in [1.54, 1.807) is 28.6 Å². The van der Waals surface area contributed by atoms with E-state index in [9.17, 15) is 4.39 Å². The Morgan fingerprint density at radius 1 is 1.22 bits per heavy atom. The summed E-state index contributed by atoms with van der Waals surface area (Å²) in [7, 11) is 1.81. The number of hydrogen-bond acceptors (Lipinski definition) is 6. The fraction of sp³-hybridized carbons (Fsp3) is 0.278. The molecule has 1 heterocycles. The number of benzene rings is 2. The van der Waals surface area contributed by atoms with Crippen molar-refractivity contribution in [1.29, 1.82) is 0 Å². The van der Waals surface area contributed by atoms with E-state index >= 15 is 0 Å². The standard InChI is InChI=1S/C18H19ClFN5OS/c1-25-18(22-23-24-25)27-10-9-21-11-13-5-2-3-8-17(13)26-12-14-15(19)6-4-7-16(14)20/h2-8,21H,9-12H2,1H3. The Hall–Kier alpha value is -2.16. The van der Waals surface area contributed by atoms with Crippen molar-refractivity contribution in [3.63, 3.8) is 0 Å². The number of nitrogens with one attached hydrogen (secondary N) is 1. The molecular weight excluding hydrogens is 389 g/mol. The van der Waals surface area contributed by atoms with Gasteiger partial charge in [-0.2, -0.15) is 0 Å². The number of para-hydroxylation sites is 1. The van der Waals surface area contributed by atoms with Crippen molar-refractivity contribution < 1.29 is 9.13 Å². The number of aryl methyl sites for hydroxylation is 1. The summed E-state index contributed by atoms with van der Waals surface area (Å²) in [5, 5.41) is 15.8. The average molecular weight is 408 g/mol. The third-order valence-corrected chi connectivity index (χ3v) is 5.18. The number of aromatic nitrogens is 4. The minimum Gasteiger partial charge on any atom is -0.488 e. The molecule has 0 amide bonds. The second kappa shape index (κ2) is 9.68. The lowest BCUT2D eigenvalue weighted by molar-refractivity contribution is 0.296. The van der Waals surface area contributed by atoms with Crippen LogP contribution in [-0.4, -0.2) is 32.5 Å². The molecule has 6 nitrogen and oxygen atoms in total. The summed E-state index contributed by atoms with van der Waals surface area (Å²) in [5.74, 6) is 1.17. The lowest BCUT2D eigenvalue weighted by Crippen LogP contribution is -2.17. The van der Waals surface area contributed by atoms with E-state index in [-0.39, 0.29) is 12.4 Å². The lowest BCUT2D eigenvalue weighted by atomic mass is 10.2. The molecule has 1 aromatic heterocycles. The van der Waals surface area contributed by atoms with E-state index in [0.29, 0.717) is 22.9 Å². The molecule has 27 heavy (non-hydrogen) atoms. The molecule has 3 rings (SSSR count). The molecule has 0 atom stereocenters. The molecule has 0 spiro atoms. The molecule has 0 unspecified atom stereocenters. The van der Waals surface area contributed by atoms with Gasteiger partial charge in [0.05, 0.1) is 5.02 Å². The van der Waals surface area contributed by atoms with E-state index in [1.165, 1.54) is 6.07 Å². The molecule has 3 aromatic rings. The van der Waals surface area contributed by atoms with Gasteiger partial charge in [0.1, 0.15) is 18.2 Å². The SMILES string of the molecule is Cn1nnnc1SCCNCc1ccccc1OCc1c(F)cccc1Cl. The summed E-state index contributed by atoms with van der Waals surface area (Å²) in [6.07, 6.45) is 0. The summed E-state index contributed by atoms with van der Waals surface area (Å²) < 4.78 is 21.3. The van der Waals surface area contributed by atoms with Crippen LogP contribution in [-0.2, 0) is 20.2 Å². The average Bonchev–Trinajstić information content (AvgIpc) is 3.07. The van der Waals surface area contributed by atoms with Gasteiger partial charge in [-0.05, 0) is 28.6 Å². The molecule has 2 aromatic carbocycles. The van der Waals surface area contributed by atoms with Gasteiger partial charge in [-0.15, -0.1) is 5.10 Å². The van der Waals surface area contributed by atoms with Crippen molar-refractivity contribution in [2.75, 3.05) is 12.3 Å². The molecule has 0 saturated heterocycles. The lowest BCUT2D eigenvalue weighted by Gasteiger charge is -2.13. The van der Waals surface area contributed by atoms with Gasteiger partial charge < -0.3 is 10.1 Å². The summed E-state index contributed by atoms with van der Waals surface area (Å²) in [5.41, 5.74) is 1.35. The highest BCUT2D eigenvalue weighted by Gasteiger charge is 2.09. The Morgan fingerprint density at radius 2 is 2.07 bits per heavy atom. The van der Waals surface area contributed by atoms with Gasteiger partial charge in [0, 0.05) is 37.0 Å². The Kier molecular flexibility index (Phi) is 7.03. The number of ether oxygens (including phenoxy) is 1. The molecule has 0 aliphatic heterocycles. The molecule has 0 saturated carbocycles. The topological polar surface area (TPSA) is 64.9 Å². The number of halogens is 2. The van der Waals surface area contributed by atoms with Crippen LogP contribution >= 0.6 is 23.4 Å². The van der Waals surface area contributed by atoms with E-state index in [0.717, 1.165) is 23.0 Å². The monoisotopic (exact) mass is 407 g/mol. The molecule has 0 aliphatic carbocycles. The van der Waals surface area contributed by atoms with Gasteiger partial charge >= 0.3 is 0 Å². The minimum absolute atomic E-state index is 0.0809. The maximum Gasteiger partial charge on any atom is 0.209 e. The number of hydrogen-bond donors (Lipinski definition) is 1. The summed E-state index contributed by atoms with van der Waals surface area (Å²) in [6, 6.07) is 12.3. The second-order valence-corrected chi connectivity index (χ2v) is 7.18. The first-order valence-electron chi connectivity index (χ1n) is 8.34. The quantitative estimate of drug-likeness (QED) is 0.433. The van der Waals surface area contributed by atoms with Gasteiger partial charge in [0.15, 0.2) is 0 Å². The molecule has 142 valence electrons. The van der Waals surface area contributed by atoms with Crippen LogP contribution in [0.15, 0.2) is 47.6 Å². The van der Waals surface area contributed by atoms with Crippen molar-refractivity contribution in [2.45, 2.75) is 18.3 Å². The van der Waals surface area contributed by atoms with Crippen LogP contribution in [0.1, 0.15) is 11.1 Å². The molecule has 0 aliphatic rings. The summed E-state index contributed by atoms with van der Waals surface area (Å²) >= 11 is 7.64. The highest BCUT2D eigenvalue weighted by Crippen LogP contribution is 2.23. The molecule has 0 radical (unpaired) electrons. The highest BCUT2D eigenvalue weighted by molar-refractivity contribution is 7.99. The third kappa shape index (κ3) is 5.41. The number of rotatable bonds is 9. The Bertz CT molecular complexity index is 871. The largest absolute Gasteiger partial charge is 0.488 e. The number of nitrogens with zero attached hydrogens (tertiary/aromatic N) is 4. The van der Waals surface area contributed by atoms with Gasteiger partial charge in [-0.1, -0.05) is 47.6 Å². The smallest absolute Gasteiger partial charge is 0.209 e. The van der Waals surface area contributed by atoms with E-state index in [2.05, 4.69) is 20.8 Å². The third-order valence-electron chi connectivity index (χ3n) is 3.81.